The van der Waals surface area contributed by atoms with Gasteiger partial charge in [0.1, 0.15) is 33.4 Å². The smallest absolute Gasteiger partial charge is 0.338 e. The number of ether oxygens (including phenoxy) is 3. The lowest BCUT2D eigenvalue weighted by atomic mass is 9.97. The highest BCUT2D eigenvalue weighted by Gasteiger charge is 2.29. The molecule has 0 bridgehead atoms. The number of benzene rings is 2. The molecule has 0 saturated carbocycles. The molecule has 1 aromatic heterocycles. The highest BCUT2D eigenvalue weighted by Crippen LogP contribution is 2.33. The van der Waals surface area contributed by atoms with Gasteiger partial charge in [-0.3, -0.25) is 14.4 Å². The van der Waals surface area contributed by atoms with E-state index in [2.05, 4.69) is 19.6 Å². The highest BCUT2D eigenvalue weighted by atomic mass is 28.3. The fraction of sp³-hybridized carbons (Fsp3) is 0.448. The van der Waals surface area contributed by atoms with Crippen molar-refractivity contribution in [3.8, 4) is 11.5 Å². The number of rotatable bonds is 6. The zero-order valence-electron chi connectivity index (χ0n) is 23.6. The van der Waals surface area contributed by atoms with E-state index in [9.17, 15) is 19.2 Å². The van der Waals surface area contributed by atoms with Gasteiger partial charge in [-0.15, -0.1) is 0 Å². The quantitative estimate of drug-likeness (QED) is 0.154. The molecular weight excluding hydrogens is 504 g/mol. The SMILES string of the molecule is CC(C)(C)C(=O)Oc1cccc2oc3cc(C(=O)OCC[Si](C)(C)C)cc(OC(=O)C(C)(C)C)c3c(=O)c12. The zero-order valence-corrected chi connectivity index (χ0v) is 24.6. The minimum absolute atomic E-state index is 0.0242. The molecule has 0 saturated heterocycles. The molecule has 2 aromatic carbocycles. The van der Waals surface area contributed by atoms with Gasteiger partial charge in [0.05, 0.1) is 23.0 Å². The molecule has 0 atom stereocenters. The molecule has 3 aromatic rings. The van der Waals surface area contributed by atoms with Gasteiger partial charge >= 0.3 is 17.9 Å². The fourth-order valence-corrected chi connectivity index (χ4v) is 3.99. The number of hydrogen-bond acceptors (Lipinski definition) is 8. The molecule has 3 rings (SSSR count). The summed E-state index contributed by atoms with van der Waals surface area (Å²) in [6.45, 7) is 16.9. The Bertz CT molecular complexity index is 1460. The van der Waals surface area contributed by atoms with Crippen molar-refractivity contribution in [2.75, 3.05) is 6.61 Å². The van der Waals surface area contributed by atoms with Crippen molar-refractivity contribution in [3.63, 3.8) is 0 Å². The maximum atomic E-state index is 13.8. The van der Waals surface area contributed by atoms with Crippen LogP contribution in [-0.4, -0.2) is 32.6 Å². The molecule has 0 aliphatic carbocycles. The van der Waals surface area contributed by atoms with Gasteiger partial charge < -0.3 is 18.6 Å². The predicted octanol–water partition coefficient (Wildman–Crippen LogP) is 6.34. The third kappa shape index (κ3) is 6.69. The van der Waals surface area contributed by atoms with Crippen LogP contribution in [0.2, 0.25) is 25.7 Å². The first-order valence-corrected chi connectivity index (χ1v) is 16.2. The number of fused-ring (bicyclic) bond motifs is 2. The lowest BCUT2D eigenvalue weighted by molar-refractivity contribution is -0.143. The number of hydrogen-bond donors (Lipinski definition) is 0. The zero-order chi connectivity index (χ0) is 28.6. The monoisotopic (exact) mass is 540 g/mol. The van der Waals surface area contributed by atoms with Crippen LogP contribution >= 0.6 is 0 Å². The molecule has 204 valence electrons. The summed E-state index contributed by atoms with van der Waals surface area (Å²) in [6.07, 6.45) is 0. The molecule has 0 N–H and O–H groups in total. The Kier molecular flexibility index (Phi) is 7.93. The second kappa shape index (κ2) is 10.4. The van der Waals surface area contributed by atoms with Crippen molar-refractivity contribution in [2.45, 2.75) is 67.2 Å². The van der Waals surface area contributed by atoms with Crippen molar-refractivity contribution in [1.82, 2.24) is 0 Å². The lowest BCUT2D eigenvalue weighted by Crippen LogP contribution is -2.27. The second-order valence-corrected chi connectivity index (χ2v) is 18.3. The van der Waals surface area contributed by atoms with Gasteiger partial charge in [-0.1, -0.05) is 25.7 Å². The highest BCUT2D eigenvalue weighted by molar-refractivity contribution is 6.76. The van der Waals surface area contributed by atoms with Crippen LogP contribution in [0.4, 0.5) is 0 Å². The summed E-state index contributed by atoms with van der Waals surface area (Å²) in [7, 11) is -1.43. The Morgan fingerprint density at radius 2 is 1.37 bits per heavy atom. The second-order valence-electron chi connectivity index (χ2n) is 12.6. The van der Waals surface area contributed by atoms with Crippen LogP contribution in [-0.2, 0) is 14.3 Å². The fourth-order valence-electron chi connectivity index (χ4n) is 3.28. The van der Waals surface area contributed by atoms with E-state index < -0.39 is 42.2 Å². The summed E-state index contributed by atoms with van der Waals surface area (Å²) in [5.41, 5.74) is -1.98. The van der Waals surface area contributed by atoms with Gasteiger partial charge in [0.15, 0.2) is 0 Å². The Labute approximate surface area is 223 Å². The average Bonchev–Trinajstić information content (AvgIpc) is 2.76. The molecule has 38 heavy (non-hydrogen) atoms. The molecule has 0 aliphatic heterocycles. The molecule has 9 heteroatoms. The van der Waals surface area contributed by atoms with E-state index in [1.807, 2.05) is 0 Å². The van der Waals surface area contributed by atoms with Crippen molar-refractivity contribution < 1.29 is 33.0 Å². The van der Waals surface area contributed by atoms with Crippen molar-refractivity contribution in [2.24, 2.45) is 10.8 Å². The van der Waals surface area contributed by atoms with Crippen molar-refractivity contribution >= 4 is 47.9 Å². The molecule has 0 aliphatic rings. The summed E-state index contributed by atoms with van der Waals surface area (Å²) < 4.78 is 22.7. The van der Waals surface area contributed by atoms with E-state index in [1.165, 1.54) is 18.2 Å². The summed E-state index contributed by atoms with van der Waals surface area (Å²) in [5, 5.41) is -0.0240. The van der Waals surface area contributed by atoms with Crippen LogP contribution in [0.25, 0.3) is 21.9 Å². The molecule has 0 fully saturated rings. The minimum Gasteiger partial charge on any atom is -0.462 e. The van der Waals surface area contributed by atoms with Gasteiger partial charge in [-0.25, -0.2) is 4.79 Å². The molecule has 0 unspecified atom stereocenters. The minimum atomic E-state index is -1.43. The molecular formula is C29H36O8Si. The Morgan fingerprint density at radius 1 is 0.816 bits per heavy atom. The Balaban J connectivity index is 2.21. The summed E-state index contributed by atoms with van der Waals surface area (Å²) >= 11 is 0. The first kappa shape index (κ1) is 29.1. The number of carbonyl (C=O) groups is 3. The van der Waals surface area contributed by atoms with Crippen LogP contribution in [0.3, 0.4) is 0 Å². The first-order chi connectivity index (χ1) is 17.4. The standard InChI is InChI=1S/C29H36O8Si/c1-28(2,3)26(32)36-19-12-10-11-18-22(19)24(30)23-20(35-18)15-17(25(31)34-13-14-38(7,8)9)16-21(23)37-27(33)29(4,5)6/h10-12,15-16H,13-14H2,1-9H3. The van der Waals surface area contributed by atoms with Gasteiger partial charge in [0.2, 0.25) is 5.43 Å². The van der Waals surface area contributed by atoms with Crippen LogP contribution in [0.15, 0.2) is 39.5 Å². The van der Waals surface area contributed by atoms with Crippen LogP contribution in [0.1, 0.15) is 51.9 Å². The van der Waals surface area contributed by atoms with E-state index >= 15 is 0 Å². The predicted molar refractivity (Wildman–Crippen MR) is 149 cm³/mol. The van der Waals surface area contributed by atoms with Crippen LogP contribution in [0, 0.1) is 10.8 Å². The average molecular weight is 541 g/mol. The molecule has 1 heterocycles. The maximum absolute atomic E-state index is 13.8. The third-order valence-corrected chi connectivity index (χ3v) is 7.38. The van der Waals surface area contributed by atoms with Gasteiger partial charge in [-0.2, -0.15) is 0 Å². The number of esters is 3. The molecule has 0 radical (unpaired) electrons. The number of carbonyl (C=O) groups excluding carboxylic acids is 3. The third-order valence-electron chi connectivity index (χ3n) is 5.68. The topological polar surface area (TPSA) is 109 Å². The van der Waals surface area contributed by atoms with Crippen LogP contribution < -0.4 is 14.9 Å². The molecule has 8 nitrogen and oxygen atoms in total. The molecule has 0 spiro atoms. The first-order valence-electron chi connectivity index (χ1n) is 12.5. The Morgan fingerprint density at radius 3 is 1.92 bits per heavy atom. The van der Waals surface area contributed by atoms with E-state index in [-0.39, 0.29) is 45.6 Å². The summed E-state index contributed by atoms with van der Waals surface area (Å²) in [6, 6.07) is 8.15. The van der Waals surface area contributed by atoms with Gasteiger partial charge in [-0.05, 0) is 71.9 Å². The van der Waals surface area contributed by atoms with Gasteiger partial charge in [0.25, 0.3) is 0 Å². The van der Waals surface area contributed by atoms with Crippen molar-refractivity contribution in [1.29, 1.82) is 0 Å². The van der Waals surface area contributed by atoms with E-state index in [0.29, 0.717) is 0 Å². The lowest BCUT2D eigenvalue weighted by Gasteiger charge is -2.19. The normalized spacial score (nSPS) is 12.4. The summed E-state index contributed by atoms with van der Waals surface area (Å²) in [5.74, 6) is -1.85. The maximum Gasteiger partial charge on any atom is 0.338 e. The Hall–Kier alpha value is -3.46. The van der Waals surface area contributed by atoms with Crippen molar-refractivity contribution in [3.05, 3.63) is 46.1 Å². The molecule has 0 amide bonds. The van der Waals surface area contributed by atoms with E-state index in [0.717, 1.165) is 6.04 Å². The van der Waals surface area contributed by atoms with Gasteiger partial charge in [0, 0.05) is 8.07 Å². The van der Waals surface area contributed by atoms with E-state index in [1.54, 1.807) is 53.7 Å². The van der Waals surface area contributed by atoms with Crippen LogP contribution in [0.5, 0.6) is 11.5 Å². The van der Waals surface area contributed by atoms with E-state index in [4.69, 9.17) is 18.6 Å². The summed E-state index contributed by atoms with van der Waals surface area (Å²) in [4.78, 5) is 52.1. The largest absolute Gasteiger partial charge is 0.462 e.